The maximum absolute atomic E-state index is 15.2. The average molecular weight is 528 g/mol. The lowest BCUT2D eigenvalue weighted by molar-refractivity contribution is 0.0538. The minimum Gasteiger partial charge on any atom is -0.350 e. The standard InChI is InChI=1S/C22H21F4N5O4S/c1-11-4-5-16(15(23)8-11)29-20-14(22(32)30-35-3)10-13(17(24)19(20)26)9-12-6-7-28-21(18(12)25)31-36(33,34)27-2/h4-8,10,27,29H,9H2,1-3H3,(H,28,31)(H,30,32). The van der Waals surface area contributed by atoms with Crippen molar-refractivity contribution in [3.05, 3.63) is 82.1 Å². The van der Waals surface area contributed by atoms with Crippen LogP contribution in [0.3, 0.4) is 0 Å². The van der Waals surface area contributed by atoms with Gasteiger partial charge in [0.05, 0.1) is 24.0 Å². The van der Waals surface area contributed by atoms with Gasteiger partial charge < -0.3 is 5.32 Å². The Balaban J connectivity index is 2.08. The van der Waals surface area contributed by atoms with Crippen molar-refractivity contribution in [2.75, 3.05) is 24.2 Å². The first-order chi connectivity index (χ1) is 17.0. The number of benzene rings is 2. The van der Waals surface area contributed by atoms with Gasteiger partial charge in [-0.25, -0.2) is 32.7 Å². The summed E-state index contributed by atoms with van der Waals surface area (Å²) in [5.41, 5.74) is 0.493. The first kappa shape index (κ1) is 26.8. The van der Waals surface area contributed by atoms with Crippen molar-refractivity contribution in [2.24, 2.45) is 0 Å². The fourth-order valence-electron chi connectivity index (χ4n) is 3.19. The molecule has 1 aromatic heterocycles. The second-order valence-corrected chi connectivity index (χ2v) is 9.07. The number of amides is 1. The molecule has 0 radical (unpaired) electrons. The minimum atomic E-state index is -4.11. The van der Waals surface area contributed by atoms with E-state index in [1.54, 1.807) is 6.92 Å². The number of carbonyl (C=O) groups is 1. The van der Waals surface area contributed by atoms with Crippen LogP contribution in [0.1, 0.15) is 27.0 Å². The van der Waals surface area contributed by atoms with Gasteiger partial charge in [-0.1, -0.05) is 6.07 Å². The number of aromatic nitrogens is 1. The van der Waals surface area contributed by atoms with Crippen LogP contribution >= 0.6 is 0 Å². The third-order valence-corrected chi connectivity index (χ3v) is 5.96. The number of hydroxylamine groups is 1. The van der Waals surface area contributed by atoms with Gasteiger partial charge >= 0.3 is 0 Å². The lowest BCUT2D eigenvalue weighted by Gasteiger charge is -2.17. The van der Waals surface area contributed by atoms with Crippen LogP contribution < -0.4 is 20.2 Å². The molecule has 1 heterocycles. The molecule has 0 saturated heterocycles. The zero-order chi connectivity index (χ0) is 26.6. The number of anilines is 3. The molecule has 192 valence electrons. The summed E-state index contributed by atoms with van der Waals surface area (Å²) in [4.78, 5) is 20.7. The molecule has 14 heteroatoms. The topological polar surface area (TPSA) is 121 Å². The summed E-state index contributed by atoms with van der Waals surface area (Å²) < 4.78 is 86.6. The van der Waals surface area contributed by atoms with Gasteiger partial charge in [-0.15, -0.1) is 0 Å². The lowest BCUT2D eigenvalue weighted by atomic mass is 9.99. The highest BCUT2D eigenvalue weighted by Crippen LogP contribution is 2.32. The van der Waals surface area contributed by atoms with Crippen LogP contribution in [0.5, 0.6) is 0 Å². The van der Waals surface area contributed by atoms with Gasteiger partial charge in [0, 0.05) is 19.7 Å². The summed E-state index contributed by atoms with van der Waals surface area (Å²) in [7, 11) is -1.90. The first-order valence-electron chi connectivity index (χ1n) is 10.2. The zero-order valence-electron chi connectivity index (χ0n) is 19.2. The number of halogens is 4. The Morgan fingerprint density at radius 3 is 2.39 bits per heavy atom. The summed E-state index contributed by atoms with van der Waals surface area (Å²) in [5, 5.41) is 2.39. The molecule has 9 nitrogen and oxygen atoms in total. The number of rotatable bonds is 9. The molecule has 36 heavy (non-hydrogen) atoms. The van der Waals surface area contributed by atoms with Gasteiger partial charge in [0.15, 0.2) is 23.3 Å². The van der Waals surface area contributed by atoms with Gasteiger partial charge in [-0.2, -0.15) is 8.42 Å². The highest BCUT2D eigenvalue weighted by molar-refractivity contribution is 7.90. The zero-order valence-corrected chi connectivity index (χ0v) is 20.0. The molecule has 0 saturated carbocycles. The van der Waals surface area contributed by atoms with Gasteiger partial charge in [0.2, 0.25) is 0 Å². The molecule has 0 fully saturated rings. The van der Waals surface area contributed by atoms with E-state index in [1.807, 2.05) is 14.9 Å². The Morgan fingerprint density at radius 1 is 1.03 bits per heavy atom. The Bertz CT molecular complexity index is 1420. The first-order valence-corrected chi connectivity index (χ1v) is 11.7. The molecule has 0 unspecified atom stereocenters. The van der Waals surface area contributed by atoms with E-state index in [1.165, 1.54) is 12.1 Å². The van der Waals surface area contributed by atoms with Gasteiger partial charge in [0.1, 0.15) is 5.82 Å². The van der Waals surface area contributed by atoms with Crippen LogP contribution in [-0.2, 0) is 21.5 Å². The highest BCUT2D eigenvalue weighted by atomic mass is 32.2. The molecule has 2 aromatic carbocycles. The SMILES string of the molecule is CNS(=O)(=O)Nc1nccc(Cc2cc(C(=O)NOC)c(Nc3ccc(C)cc3F)c(F)c2F)c1F. The molecule has 0 bridgehead atoms. The predicted molar refractivity (Wildman–Crippen MR) is 124 cm³/mol. The molecule has 4 N–H and O–H groups in total. The smallest absolute Gasteiger partial charge is 0.300 e. The molecule has 0 atom stereocenters. The van der Waals surface area contributed by atoms with E-state index < -0.39 is 68.4 Å². The molecule has 1 amide bonds. The maximum atomic E-state index is 15.2. The number of carbonyl (C=O) groups excluding carboxylic acids is 1. The molecular weight excluding hydrogens is 506 g/mol. The van der Waals surface area contributed by atoms with Crippen molar-refractivity contribution in [3.8, 4) is 0 Å². The van der Waals surface area contributed by atoms with Crippen molar-refractivity contribution in [1.82, 2.24) is 15.2 Å². The van der Waals surface area contributed by atoms with Crippen molar-refractivity contribution in [3.63, 3.8) is 0 Å². The van der Waals surface area contributed by atoms with Crippen molar-refractivity contribution >= 4 is 33.3 Å². The molecular formula is C22H21F4N5O4S. The van der Waals surface area contributed by atoms with E-state index in [9.17, 15) is 22.0 Å². The summed E-state index contributed by atoms with van der Waals surface area (Å²) in [5.74, 6) is -6.54. The third-order valence-electron chi connectivity index (χ3n) is 4.96. The van der Waals surface area contributed by atoms with E-state index in [0.29, 0.717) is 5.56 Å². The van der Waals surface area contributed by atoms with Crippen molar-refractivity contribution < 1.29 is 35.6 Å². The van der Waals surface area contributed by atoms with Crippen molar-refractivity contribution in [1.29, 1.82) is 0 Å². The van der Waals surface area contributed by atoms with Gasteiger partial charge in [-0.05, 0) is 47.9 Å². The number of aryl methyl sites for hydroxylation is 1. The maximum Gasteiger partial charge on any atom is 0.300 e. The summed E-state index contributed by atoms with van der Waals surface area (Å²) in [6, 6.07) is 6.04. The predicted octanol–water partition coefficient (Wildman–Crippen LogP) is 3.45. The quantitative estimate of drug-likeness (QED) is 0.250. The Kier molecular flexibility index (Phi) is 8.12. The molecule has 0 spiro atoms. The van der Waals surface area contributed by atoms with Crippen LogP contribution in [0.2, 0.25) is 0 Å². The van der Waals surface area contributed by atoms with Crippen LogP contribution in [0.4, 0.5) is 34.8 Å². The largest absolute Gasteiger partial charge is 0.350 e. The van der Waals surface area contributed by atoms with Gasteiger partial charge in [-0.3, -0.25) is 14.4 Å². The number of hydrogen-bond donors (Lipinski definition) is 4. The average Bonchev–Trinajstić information content (AvgIpc) is 2.82. The third kappa shape index (κ3) is 5.90. The Hall–Kier alpha value is -3.75. The van der Waals surface area contributed by atoms with E-state index in [2.05, 4.69) is 15.1 Å². The fraction of sp³-hybridized carbons (Fsp3) is 0.182. The van der Waals surface area contributed by atoms with Gasteiger partial charge in [0.25, 0.3) is 16.1 Å². The second-order valence-electron chi connectivity index (χ2n) is 7.45. The van der Waals surface area contributed by atoms with Crippen LogP contribution in [0, 0.1) is 30.2 Å². The normalized spacial score (nSPS) is 11.3. The van der Waals surface area contributed by atoms with Crippen molar-refractivity contribution in [2.45, 2.75) is 13.3 Å². The molecule has 0 aliphatic heterocycles. The van der Waals surface area contributed by atoms with Crippen LogP contribution in [-0.4, -0.2) is 33.5 Å². The number of nitrogens with one attached hydrogen (secondary N) is 4. The second kappa shape index (κ2) is 10.9. The summed E-state index contributed by atoms with van der Waals surface area (Å²) in [6.45, 7) is 1.63. The molecule has 0 aliphatic carbocycles. The monoisotopic (exact) mass is 527 g/mol. The highest BCUT2D eigenvalue weighted by Gasteiger charge is 2.25. The lowest BCUT2D eigenvalue weighted by Crippen LogP contribution is -2.27. The van der Waals surface area contributed by atoms with Crippen LogP contribution in [0.15, 0.2) is 36.5 Å². The fourth-order valence-corrected chi connectivity index (χ4v) is 3.69. The van der Waals surface area contributed by atoms with E-state index >= 15 is 8.78 Å². The van der Waals surface area contributed by atoms with E-state index in [0.717, 1.165) is 38.6 Å². The Morgan fingerprint density at radius 2 is 1.75 bits per heavy atom. The van der Waals surface area contributed by atoms with E-state index in [-0.39, 0.29) is 11.3 Å². The van der Waals surface area contributed by atoms with E-state index in [4.69, 9.17) is 0 Å². The minimum absolute atomic E-state index is 0.222. The number of nitrogens with zero attached hydrogens (tertiary/aromatic N) is 1. The number of hydrogen-bond acceptors (Lipinski definition) is 6. The molecule has 3 rings (SSSR count). The Labute approximate surface area is 204 Å². The molecule has 0 aliphatic rings. The summed E-state index contributed by atoms with van der Waals surface area (Å²) >= 11 is 0. The molecule has 3 aromatic rings. The summed E-state index contributed by atoms with van der Waals surface area (Å²) in [6.07, 6.45) is 0.479. The van der Waals surface area contributed by atoms with Crippen LogP contribution in [0.25, 0.3) is 0 Å². The number of pyridine rings is 1.